The molecule has 17 heavy (non-hydrogen) atoms. The minimum atomic E-state index is -0.216. The number of amidine groups is 1. The van der Waals surface area contributed by atoms with E-state index in [0.717, 1.165) is 30.5 Å². The molecule has 0 aliphatic heterocycles. The number of rotatable bonds is 2. The normalized spacial score (nSPS) is 28.2. The molecular weight excluding hydrogens is 214 g/mol. The van der Waals surface area contributed by atoms with Crippen LogP contribution in [0.2, 0.25) is 0 Å². The van der Waals surface area contributed by atoms with E-state index in [1.807, 2.05) is 27.7 Å². The first kappa shape index (κ1) is 14.0. The van der Waals surface area contributed by atoms with Gasteiger partial charge in [0.25, 0.3) is 0 Å². The average Bonchev–Trinajstić information content (AvgIpc) is 2.60. The third kappa shape index (κ3) is 4.04. The lowest BCUT2D eigenvalue weighted by atomic mass is 9.99. The summed E-state index contributed by atoms with van der Waals surface area (Å²) in [6.07, 6.45) is 2.29. The SMILES string of the molecule is C/C(C(N)=NC(C)(C)C)=C(/N)C1CCC(O)C1. The molecule has 0 bridgehead atoms. The molecule has 0 heterocycles. The molecule has 1 aliphatic carbocycles. The molecule has 2 unspecified atom stereocenters. The van der Waals surface area contributed by atoms with Gasteiger partial charge < -0.3 is 16.6 Å². The Bertz CT molecular complexity index is 339. The Morgan fingerprint density at radius 3 is 2.24 bits per heavy atom. The van der Waals surface area contributed by atoms with Crippen LogP contribution in [0.25, 0.3) is 0 Å². The molecule has 4 nitrogen and oxygen atoms in total. The van der Waals surface area contributed by atoms with E-state index in [1.54, 1.807) is 0 Å². The van der Waals surface area contributed by atoms with E-state index in [9.17, 15) is 5.11 Å². The predicted molar refractivity (Wildman–Crippen MR) is 71.6 cm³/mol. The number of aliphatic hydroxyl groups excluding tert-OH is 1. The first-order valence-electron chi connectivity index (χ1n) is 6.20. The largest absolute Gasteiger partial charge is 0.401 e. The summed E-state index contributed by atoms with van der Waals surface area (Å²) in [5.41, 5.74) is 13.5. The fraction of sp³-hybridized carbons (Fsp3) is 0.769. The van der Waals surface area contributed by atoms with E-state index in [1.165, 1.54) is 0 Å². The van der Waals surface area contributed by atoms with Crippen molar-refractivity contribution in [1.29, 1.82) is 0 Å². The zero-order valence-corrected chi connectivity index (χ0v) is 11.3. The van der Waals surface area contributed by atoms with Crippen LogP contribution in [0, 0.1) is 5.92 Å². The van der Waals surface area contributed by atoms with Gasteiger partial charge in [0.1, 0.15) is 5.84 Å². The Morgan fingerprint density at radius 2 is 1.82 bits per heavy atom. The summed E-state index contributed by atoms with van der Waals surface area (Å²) in [5.74, 6) is 0.759. The highest BCUT2D eigenvalue weighted by atomic mass is 16.3. The maximum absolute atomic E-state index is 9.52. The maximum atomic E-state index is 9.52. The van der Waals surface area contributed by atoms with Crippen molar-refractivity contribution in [2.75, 3.05) is 0 Å². The molecule has 5 N–H and O–H groups in total. The van der Waals surface area contributed by atoms with Crippen molar-refractivity contribution in [3.63, 3.8) is 0 Å². The second kappa shape index (κ2) is 5.08. The smallest absolute Gasteiger partial charge is 0.123 e. The molecule has 0 radical (unpaired) electrons. The Balaban J connectivity index is 2.86. The molecular formula is C13H25N3O. The van der Waals surface area contributed by atoms with Crippen LogP contribution in [0.3, 0.4) is 0 Å². The highest BCUT2D eigenvalue weighted by molar-refractivity contribution is 5.97. The third-order valence-corrected chi connectivity index (χ3v) is 3.12. The van der Waals surface area contributed by atoms with Gasteiger partial charge in [-0.25, -0.2) is 0 Å². The summed E-state index contributed by atoms with van der Waals surface area (Å²) in [6.45, 7) is 7.92. The van der Waals surface area contributed by atoms with Gasteiger partial charge in [0.2, 0.25) is 0 Å². The molecule has 2 atom stereocenters. The van der Waals surface area contributed by atoms with Crippen LogP contribution in [0.15, 0.2) is 16.3 Å². The van der Waals surface area contributed by atoms with E-state index in [4.69, 9.17) is 11.5 Å². The Hall–Kier alpha value is -1.03. The Morgan fingerprint density at radius 1 is 1.24 bits per heavy atom. The summed E-state index contributed by atoms with van der Waals surface area (Å²) in [4.78, 5) is 4.41. The Kier molecular flexibility index (Phi) is 4.20. The number of aliphatic imine (C=N–C) groups is 1. The Labute approximate surface area is 104 Å². The first-order valence-corrected chi connectivity index (χ1v) is 6.20. The van der Waals surface area contributed by atoms with Gasteiger partial charge in [-0.15, -0.1) is 0 Å². The van der Waals surface area contributed by atoms with Gasteiger partial charge in [0.15, 0.2) is 0 Å². The van der Waals surface area contributed by atoms with E-state index >= 15 is 0 Å². The second-order valence-corrected chi connectivity index (χ2v) is 5.91. The third-order valence-electron chi connectivity index (χ3n) is 3.12. The quantitative estimate of drug-likeness (QED) is 0.504. The fourth-order valence-electron chi connectivity index (χ4n) is 2.14. The van der Waals surface area contributed by atoms with Gasteiger partial charge in [-0.05, 0) is 47.0 Å². The van der Waals surface area contributed by atoms with Crippen LogP contribution in [0.1, 0.15) is 47.0 Å². The summed E-state index contributed by atoms with van der Waals surface area (Å²) in [7, 11) is 0. The molecule has 98 valence electrons. The minimum Gasteiger partial charge on any atom is -0.401 e. The fourth-order valence-corrected chi connectivity index (χ4v) is 2.14. The number of hydrogen-bond acceptors (Lipinski definition) is 3. The van der Waals surface area contributed by atoms with Crippen LogP contribution in [-0.2, 0) is 0 Å². The standard InChI is InChI=1S/C13H25N3O/c1-8(12(15)16-13(2,3)4)11(14)9-5-6-10(17)7-9/h9-10,17H,5-7,14H2,1-4H3,(H2,15,16)/b11-8-. The molecule has 0 spiro atoms. The highest BCUT2D eigenvalue weighted by Crippen LogP contribution is 2.30. The zero-order valence-electron chi connectivity index (χ0n) is 11.3. The first-order chi connectivity index (χ1) is 7.70. The molecule has 1 saturated carbocycles. The highest BCUT2D eigenvalue weighted by Gasteiger charge is 2.26. The van der Waals surface area contributed by atoms with Gasteiger partial charge in [-0.1, -0.05) is 0 Å². The van der Waals surface area contributed by atoms with Crippen molar-refractivity contribution < 1.29 is 5.11 Å². The van der Waals surface area contributed by atoms with Crippen molar-refractivity contribution in [3.8, 4) is 0 Å². The zero-order chi connectivity index (χ0) is 13.2. The van der Waals surface area contributed by atoms with Gasteiger partial charge in [0, 0.05) is 17.2 Å². The molecule has 1 fully saturated rings. The van der Waals surface area contributed by atoms with Gasteiger partial charge in [-0.2, -0.15) is 0 Å². The van der Waals surface area contributed by atoms with Gasteiger partial charge in [-0.3, -0.25) is 4.99 Å². The van der Waals surface area contributed by atoms with Crippen molar-refractivity contribution in [2.24, 2.45) is 22.4 Å². The van der Waals surface area contributed by atoms with Gasteiger partial charge in [0.05, 0.1) is 11.6 Å². The summed E-state index contributed by atoms with van der Waals surface area (Å²) in [5, 5.41) is 9.52. The molecule has 0 aromatic heterocycles. The number of hydrogen-bond donors (Lipinski definition) is 3. The molecule has 0 amide bonds. The number of nitrogens with two attached hydrogens (primary N) is 2. The number of aliphatic hydroxyl groups is 1. The summed E-state index contributed by atoms with van der Waals surface area (Å²) < 4.78 is 0. The van der Waals surface area contributed by atoms with Crippen molar-refractivity contribution in [3.05, 3.63) is 11.3 Å². The molecule has 0 aromatic carbocycles. The van der Waals surface area contributed by atoms with Crippen molar-refractivity contribution in [2.45, 2.75) is 58.6 Å². The van der Waals surface area contributed by atoms with E-state index in [-0.39, 0.29) is 17.6 Å². The van der Waals surface area contributed by atoms with Crippen molar-refractivity contribution >= 4 is 5.84 Å². The monoisotopic (exact) mass is 239 g/mol. The topological polar surface area (TPSA) is 84.6 Å². The number of nitrogens with zero attached hydrogens (tertiary/aromatic N) is 1. The van der Waals surface area contributed by atoms with Crippen LogP contribution in [0.4, 0.5) is 0 Å². The van der Waals surface area contributed by atoms with Crippen LogP contribution >= 0.6 is 0 Å². The lowest BCUT2D eigenvalue weighted by molar-refractivity contribution is 0.179. The molecule has 1 rings (SSSR count). The van der Waals surface area contributed by atoms with E-state index in [0.29, 0.717) is 5.84 Å². The molecule has 0 saturated heterocycles. The predicted octanol–water partition coefficient (Wildman–Crippen LogP) is 1.54. The van der Waals surface area contributed by atoms with Gasteiger partial charge >= 0.3 is 0 Å². The summed E-state index contributed by atoms with van der Waals surface area (Å²) in [6, 6.07) is 0. The van der Waals surface area contributed by atoms with E-state index in [2.05, 4.69) is 4.99 Å². The molecule has 1 aliphatic rings. The minimum absolute atomic E-state index is 0.194. The second-order valence-electron chi connectivity index (χ2n) is 5.91. The van der Waals surface area contributed by atoms with Crippen molar-refractivity contribution in [1.82, 2.24) is 0 Å². The van der Waals surface area contributed by atoms with E-state index < -0.39 is 0 Å². The maximum Gasteiger partial charge on any atom is 0.123 e. The number of allylic oxidation sites excluding steroid dienone is 1. The summed E-state index contributed by atoms with van der Waals surface area (Å²) >= 11 is 0. The lowest BCUT2D eigenvalue weighted by Gasteiger charge is -2.17. The average molecular weight is 239 g/mol. The van der Waals surface area contributed by atoms with Crippen LogP contribution < -0.4 is 11.5 Å². The lowest BCUT2D eigenvalue weighted by Crippen LogP contribution is -2.25. The van der Waals surface area contributed by atoms with Crippen LogP contribution in [0.5, 0.6) is 0 Å². The molecule has 0 aromatic rings. The van der Waals surface area contributed by atoms with Crippen LogP contribution in [-0.4, -0.2) is 22.6 Å². The molecule has 4 heteroatoms.